The van der Waals surface area contributed by atoms with E-state index in [1.54, 1.807) is 23.2 Å². The van der Waals surface area contributed by atoms with Crippen LogP contribution in [0.5, 0.6) is 5.88 Å². The van der Waals surface area contributed by atoms with E-state index in [4.69, 9.17) is 19.4 Å². The lowest BCUT2D eigenvalue weighted by atomic mass is 10.0. The molecule has 1 aromatic carbocycles. The number of nitrogens with one attached hydrogen (secondary N) is 2. The van der Waals surface area contributed by atoms with Gasteiger partial charge in [-0.1, -0.05) is 12.1 Å². The van der Waals surface area contributed by atoms with Gasteiger partial charge in [-0.3, -0.25) is 10.1 Å². The monoisotopic (exact) mass is 629 g/mol. The van der Waals surface area contributed by atoms with E-state index >= 15 is 0 Å². The lowest BCUT2D eigenvalue weighted by Gasteiger charge is -2.34. The maximum Gasteiger partial charge on any atom is 0.324 e. The Labute approximate surface area is 269 Å². The van der Waals surface area contributed by atoms with Crippen molar-refractivity contribution in [1.29, 1.82) is 0 Å². The largest absolute Gasteiger partial charge is 0.469 e. The molecule has 1 unspecified atom stereocenters. The third-order valence-corrected chi connectivity index (χ3v) is 8.59. The molecule has 0 spiro atoms. The summed E-state index contributed by atoms with van der Waals surface area (Å²) in [5.74, 6) is 1.05. The topological polar surface area (TPSA) is 128 Å². The summed E-state index contributed by atoms with van der Waals surface area (Å²) < 4.78 is 12.0. The third-order valence-electron chi connectivity index (χ3n) is 8.59. The Morgan fingerprint density at radius 1 is 1.02 bits per heavy atom. The molecule has 2 aromatic heterocycles. The number of carbonyl (C=O) groups is 2. The standard InChI is InChI=1S/C33H43N9O4/c1-6-40-21-33(3,4)46-29-27(30(40)43)28(37-31(38-29)42-17-18-45-20-22(42)2)23-7-9-24(10-8-23)35-32(44)36-26-12-11-25(19-34-26)41-15-13-39(5)14-16-41/h7-12,19,22H,6,13-18,20-21H2,1-5H3,(H2,34,35,36,44). The first kappa shape index (κ1) is 31.5. The van der Waals surface area contributed by atoms with Gasteiger partial charge in [0.1, 0.15) is 17.0 Å². The van der Waals surface area contributed by atoms with E-state index in [2.05, 4.69) is 44.3 Å². The van der Waals surface area contributed by atoms with Crippen molar-refractivity contribution in [1.82, 2.24) is 24.8 Å². The van der Waals surface area contributed by atoms with Gasteiger partial charge in [-0.2, -0.15) is 4.98 Å². The summed E-state index contributed by atoms with van der Waals surface area (Å²) in [7, 11) is 2.12. The molecule has 2 fully saturated rings. The molecule has 2 saturated heterocycles. The highest BCUT2D eigenvalue weighted by Crippen LogP contribution is 2.36. The van der Waals surface area contributed by atoms with E-state index in [1.807, 2.05) is 45.0 Å². The van der Waals surface area contributed by atoms with Gasteiger partial charge in [0.05, 0.1) is 43.4 Å². The van der Waals surface area contributed by atoms with Crippen molar-refractivity contribution >= 4 is 35.1 Å². The highest BCUT2D eigenvalue weighted by Gasteiger charge is 2.38. The molecule has 13 nitrogen and oxygen atoms in total. The molecule has 3 amide bonds. The lowest BCUT2D eigenvalue weighted by molar-refractivity contribution is 0.0541. The molecule has 0 bridgehead atoms. The summed E-state index contributed by atoms with van der Waals surface area (Å²) >= 11 is 0. The van der Waals surface area contributed by atoms with Crippen molar-refractivity contribution in [2.45, 2.75) is 39.3 Å². The first-order valence-electron chi connectivity index (χ1n) is 15.9. The highest BCUT2D eigenvalue weighted by atomic mass is 16.5. The minimum Gasteiger partial charge on any atom is -0.469 e. The van der Waals surface area contributed by atoms with Gasteiger partial charge in [-0.05, 0) is 59.0 Å². The highest BCUT2D eigenvalue weighted by molar-refractivity contribution is 6.03. The first-order valence-corrected chi connectivity index (χ1v) is 15.9. The molecule has 2 N–H and O–H groups in total. The van der Waals surface area contributed by atoms with Gasteiger partial charge in [0.15, 0.2) is 0 Å². The van der Waals surface area contributed by atoms with Crippen LogP contribution in [0.4, 0.5) is 27.9 Å². The molecule has 0 aliphatic carbocycles. The number of fused-ring (bicyclic) bond motifs is 1. The van der Waals surface area contributed by atoms with Gasteiger partial charge >= 0.3 is 6.03 Å². The van der Waals surface area contributed by atoms with Crippen LogP contribution in [-0.2, 0) is 4.74 Å². The van der Waals surface area contributed by atoms with E-state index in [1.165, 1.54) is 0 Å². The number of piperazine rings is 1. The van der Waals surface area contributed by atoms with E-state index in [0.717, 1.165) is 31.9 Å². The summed E-state index contributed by atoms with van der Waals surface area (Å²) in [6.45, 7) is 14.5. The molecule has 244 valence electrons. The summed E-state index contributed by atoms with van der Waals surface area (Å²) in [4.78, 5) is 49.3. The van der Waals surface area contributed by atoms with Crippen LogP contribution in [-0.4, -0.2) is 114 Å². The second-order valence-electron chi connectivity index (χ2n) is 12.7. The van der Waals surface area contributed by atoms with Crippen LogP contribution >= 0.6 is 0 Å². The normalized spacial score (nSPS) is 20.1. The van der Waals surface area contributed by atoms with E-state index in [-0.39, 0.29) is 17.8 Å². The Hall–Kier alpha value is -4.49. The number of pyridine rings is 1. The predicted molar refractivity (Wildman–Crippen MR) is 178 cm³/mol. The zero-order valence-electron chi connectivity index (χ0n) is 27.2. The average molecular weight is 630 g/mol. The zero-order chi connectivity index (χ0) is 32.4. The molecule has 6 rings (SSSR count). The Bertz CT molecular complexity index is 1560. The smallest absolute Gasteiger partial charge is 0.324 e. The molecule has 3 aliphatic heterocycles. The second kappa shape index (κ2) is 13.1. The molecule has 1 atom stereocenters. The summed E-state index contributed by atoms with van der Waals surface area (Å²) in [6.07, 6.45) is 1.79. The van der Waals surface area contributed by atoms with Crippen molar-refractivity contribution in [3.8, 4) is 17.1 Å². The number of anilines is 4. The predicted octanol–water partition coefficient (Wildman–Crippen LogP) is 3.79. The number of morpholine rings is 1. The summed E-state index contributed by atoms with van der Waals surface area (Å²) in [6, 6.07) is 10.7. The van der Waals surface area contributed by atoms with Gasteiger partial charge < -0.3 is 34.4 Å². The van der Waals surface area contributed by atoms with Crippen LogP contribution in [0.25, 0.3) is 11.3 Å². The fourth-order valence-corrected chi connectivity index (χ4v) is 6.00. The fraction of sp³-hybridized carbons (Fsp3) is 0.485. The lowest BCUT2D eigenvalue weighted by Crippen LogP contribution is -2.44. The number of carbonyl (C=O) groups excluding carboxylic acids is 2. The van der Waals surface area contributed by atoms with Crippen LogP contribution in [0.1, 0.15) is 38.1 Å². The molecule has 46 heavy (non-hydrogen) atoms. The number of ether oxygens (including phenoxy) is 2. The second-order valence-corrected chi connectivity index (χ2v) is 12.7. The maximum atomic E-state index is 13.9. The number of nitrogens with zero attached hydrogens (tertiary/aromatic N) is 7. The van der Waals surface area contributed by atoms with Crippen molar-refractivity contribution in [2.24, 2.45) is 0 Å². The maximum absolute atomic E-state index is 13.9. The van der Waals surface area contributed by atoms with Gasteiger partial charge in [-0.15, -0.1) is 0 Å². The number of amides is 3. The minimum atomic E-state index is -0.642. The third kappa shape index (κ3) is 6.85. The minimum absolute atomic E-state index is 0.0591. The van der Waals surface area contributed by atoms with Gasteiger partial charge in [0.25, 0.3) is 5.91 Å². The number of hydrogen-bond donors (Lipinski definition) is 2. The Morgan fingerprint density at radius 2 is 1.78 bits per heavy atom. The van der Waals surface area contributed by atoms with Gasteiger partial charge in [0, 0.05) is 50.5 Å². The van der Waals surface area contributed by atoms with Crippen LogP contribution in [0.15, 0.2) is 42.6 Å². The number of rotatable bonds is 6. The Balaban J connectivity index is 1.22. The Kier molecular flexibility index (Phi) is 8.96. The van der Waals surface area contributed by atoms with E-state index in [0.29, 0.717) is 67.1 Å². The van der Waals surface area contributed by atoms with Crippen molar-refractivity contribution in [3.05, 3.63) is 48.2 Å². The fourth-order valence-electron chi connectivity index (χ4n) is 6.00. The molecule has 0 radical (unpaired) electrons. The summed E-state index contributed by atoms with van der Waals surface area (Å²) in [5, 5.41) is 5.67. The Morgan fingerprint density at radius 3 is 2.46 bits per heavy atom. The molecular formula is C33H43N9O4. The number of benzene rings is 1. The van der Waals surface area contributed by atoms with Crippen molar-refractivity contribution in [2.75, 3.05) is 86.5 Å². The number of likely N-dealkylation sites (N-methyl/N-ethyl adjacent to an activating group) is 2. The molecular weight excluding hydrogens is 586 g/mol. The van der Waals surface area contributed by atoms with Gasteiger partial charge in [-0.25, -0.2) is 14.8 Å². The van der Waals surface area contributed by atoms with Crippen LogP contribution in [0, 0.1) is 0 Å². The number of aromatic nitrogens is 3. The van der Waals surface area contributed by atoms with Crippen molar-refractivity contribution < 1.29 is 19.1 Å². The molecule has 13 heteroatoms. The number of hydrogen-bond acceptors (Lipinski definition) is 10. The van der Waals surface area contributed by atoms with Gasteiger partial charge in [0.2, 0.25) is 11.8 Å². The summed E-state index contributed by atoms with van der Waals surface area (Å²) in [5.41, 5.74) is 2.51. The average Bonchev–Trinajstić information content (AvgIpc) is 3.14. The van der Waals surface area contributed by atoms with Crippen LogP contribution in [0.2, 0.25) is 0 Å². The molecule has 3 aliphatic rings. The van der Waals surface area contributed by atoms with Crippen LogP contribution in [0.3, 0.4) is 0 Å². The van der Waals surface area contributed by atoms with Crippen molar-refractivity contribution in [3.63, 3.8) is 0 Å². The SMILES string of the molecule is CCN1CC(C)(C)Oc2nc(N3CCOCC3C)nc(-c3ccc(NC(=O)Nc4ccc(N5CCN(C)CC5)cn4)cc3)c2C1=O. The molecule has 5 heterocycles. The van der Waals surface area contributed by atoms with E-state index < -0.39 is 11.6 Å². The molecule has 3 aromatic rings. The first-order chi connectivity index (χ1) is 22.1. The quantitative estimate of drug-likeness (QED) is 0.416. The van der Waals surface area contributed by atoms with E-state index in [9.17, 15) is 9.59 Å². The zero-order valence-corrected chi connectivity index (χ0v) is 27.2. The molecule has 0 saturated carbocycles. The van der Waals surface area contributed by atoms with Crippen LogP contribution < -0.4 is 25.2 Å². The number of urea groups is 1.